The summed E-state index contributed by atoms with van der Waals surface area (Å²) < 4.78 is 0. The van der Waals surface area contributed by atoms with E-state index in [1.807, 2.05) is 11.9 Å². The maximum absolute atomic E-state index is 12.8. The highest BCUT2D eigenvalue weighted by molar-refractivity contribution is 5.86. The highest BCUT2D eigenvalue weighted by atomic mass is 16.2. The lowest BCUT2D eigenvalue weighted by Gasteiger charge is -2.31. The molecule has 2 fully saturated rings. The van der Waals surface area contributed by atoms with Crippen molar-refractivity contribution in [3.8, 4) is 0 Å². The summed E-state index contributed by atoms with van der Waals surface area (Å²) in [6, 6.07) is 8.68. The van der Waals surface area contributed by atoms with Gasteiger partial charge in [0.2, 0.25) is 11.8 Å². The Morgan fingerprint density at radius 2 is 1.84 bits per heavy atom. The molecule has 5 heteroatoms. The zero-order valence-corrected chi connectivity index (χ0v) is 15.4. The number of aryl methyl sites for hydroxylation is 1. The zero-order valence-electron chi connectivity index (χ0n) is 15.4. The Kier molecular flexibility index (Phi) is 5.74. The van der Waals surface area contributed by atoms with Gasteiger partial charge in [-0.1, -0.05) is 29.8 Å². The maximum Gasteiger partial charge on any atom is 0.226 e. The van der Waals surface area contributed by atoms with Crippen molar-refractivity contribution < 1.29 is 9.59 Å². The summed E-state index contributed by atoms with van der Waals surface area (Å²) in [4.78, 5) is 30.8. The predicted octanol–water partition coefficient (Wildman–Crippen LogP) is 1.90. The van der Waals surface area contributed by atoms with Crippen LogP contribution in [0.3, 0.4) is 0 Å². The molecule has 0 saturated carbocycles. The lowest BCUT2D eigenvalue weighted by atomic mass is 9.95. The molecule has 2 aliphatic heterocycles. The first-order valence-electron chi connectivity index (χ1n) is 9.33. The van der Waals surface area contributed by atoms with Gasteiger partial charge >= 0.3 is 0 Å². The van der Waals surface area contributed by atoms with Crippen LogP contribution in [0.25, 0.3) is 0 Å². The molecule has 2 aliphatic rings. The van der Waals surface area contributed by atoms with Crippen LogP contribution in [-0.4, -0.2) is 66.3 Å². The molecule has 0 aromatic heterocycles. The molecule has 136 valence electrons. The number of carbonyl (C=O) groups excluding carboxylic acids is 2. The minimum atomic E-state index is -0.118. The van der Waals surface area contributed by atoms with Gasteiger partial charge in [0.25, 0.3) is 0 Å². The van der Waals surface area contributed by atoms with Gasteiger partial charge in [0, 0.05) is 58.7 Å². The van der Waals surface area contributed by atoms with Crippen molar-refractivity contribution >= 4 is 11.8 Å². The average molecular weight is 343 g/mol. The number of rotatable bonds is 3. The van der Waals surface area contributed by atoms with E-state index in [4.69, 9.17) is 0 Å². The van der Waals surface area contributed by atoms with E-state index in [0.717, 1.165) is 45.6 Å². The van der Waals surface area contributed by atoms with Crippen LogP contribution in [0.4, 0.5) is 0 Å². The number of benzene rings is 1. The molecule has 1 unspecified atom stereocenters. The molecule has 2 amide bonds. The number of hydrogen-bond acceptors (Lipinski definition) is 3. The lowest BCUT2D eigenvalue weighted by molar-refractivity contribution is -0.144. The Morgan fingerprint density at radius 1 is 1.08 bits per heavy atom. The Bertz CT molecular complexity index is 614. The lowest BCUT2D eigenvalue weighted by Crippen LogP contribution is -2.44. The third kappa shape index (κ3) is 4.60. The maximum atomic E-state index is 12.8. The first kappa shape index (κ1) is 17.9. The first-order valence-corrected chi connectivity index (χ1v) is 9.33. The van der Waals surface area contributed by atoms with Crippen molar-refractivity contribution in [1.29, 1.82) is 0 Å². The molecular formula is C20H29N3O2. The van der Waals surface area contributed by atoms with E-state index in [2.05, 4.69) is 36.1 Å². The fraction of sp³-hybridized carbons (Fsp3) is 0.600. The van der Waals surface area contributed by atoms with Gasteiger partial charge in [-0.2, -0.15) is 0 Å². The Labute approximate surface area is 150 Å². The summed E-state index contributed by atoms with van der Waals surface area (Å²) in [5.74, 6) is 0.159. The summed E-state index contributed by atoms with van der Waals surface area (Å²) in [6.45, 7) is 7.24. The van der Waals surface area contributed by atoms with Crippen LogP contribution in [0.2, 0.25) is 0 Å². The van der Waals surface area contributed by atoms with Gasteiger partial charge in [0.15, 0.2) is 0 Å². The number of nitrogens with zero attached hydrogens (tertiary/aromatic N) is 3. The largest absolute Gasteiger partial charge is 0.346 e. The fourth-order valence-corrected chi connectivity index (χ4v) is 3.71. The third-order valence-corrected chi connectivity index (χ3v) is 5.44. The fourth-order valence-electron chi connectivity index (χ4n) is 3.71. The molecule has 0 aliphatic carbocycles. The van der Waals surface area contributed by atoms with Crippen molar-refractivity contribution in [3.63, 3.8) is 0 Å². The molecule has 0 bridgehead atoms. The first-order chi connectivity index (χ1) is 12.0. The predicted molar refractivity (Wildman–Crippen MR) is 98.0 cm³/mol. The molecule has 2 saturated heterocycles. The van der Waals surface area contributed by atoms with E-state index in [-0.39, 0.29) is 17.7 Å². The van der Waals surface area contributed by atoms with Crippen LogP contribution in [0.15, 0.2) is 24.3 Å². The van der Waals surface area contributed by atoms with Crippen LogP contribution >= 0.6 is 0 Å². The standard InChI is InChI=1S/C20H29N3O2/c1-16-4-6-17(7-5-16)15-22-9-3-10-23(13-12-22)20(25)18-8-11-21(2)19(24)14-18/h4-7,18H,3,8-15H2,1-2H3. The topological polar surface area (TPSA) is 43.9 Å². The van der Waals surface area contributed by atoms with Crippen LogP contribution in [0, 0.1) is 12.8 Å². The minimum absolute atomic E-state index is 0.0976. The average Bonchev–Trinajstić information content (AvgIpc) is 2.84. The van der Waals surface area contributed by atoms with Crippen molar-refractivity contribution in [2.45, 2.75) is 32.7 Å². The summed E-state index contributed by atoms with van der Waals surface area (Å²) in [5, 5.41) is 0. The van der Waals surface area contributed by atoms with Crippen LogP contribution < -0.4 is 0 Å². The molecule has 2 heterocycles. The highest BCUT2D eigenvalue weighted by Gasteiger charge is 2.32. The van der Waals surface area contributed by atoms with Crippen molar-refractivity contribution in [2.24, 2.45) is 5.92 Å². The van der Waals surface area contributed by atoms with Gasteiger partial charge in [-0.25, -0.2) is 0 Å². The molecule has 1 aromatic carbocycles. The van der Waals surface area contributed by atoms with Gasteiger partial charge < -0.3 is 9.80 Å². The molecule has 1 atom stereocenters. The van der Waals surface area contributed by atoms with Gasteiger partial charge in [-0.15, -0.1) is 0 Å². The smallest absolute Gasteiger partial charge is 0.226 e. The van der Waals surface area contributed by atoms with Crippen LogP contribution in [0.1, 0.15) is 30.4 Å². The summed E-state index contributed by atoms with van der Waals surface area (Å²) >= 11 is 0. The van der Waals surface area contributed by atoms with Crippen molar-refractivity contribution in [2.75, 3.05) is 39.8 Å². The second kappa shape index (κ2) is 8.00. The van der Waals surface area contributed by atoms with Gasteiger partial charge in [-0.05, 0) is 25.3 Å². The molecule has 0 radical (unpaired) electrons. The minimum Gasteiger partial charge on any atom is -0.346 e. The van der Waals surface area contributed by atoms with Crippen molar-refractivity contribution in [1.82, 2.24) is 14.7 Å². The van der Waals surface area contributed by atoms with E-state index in [0.29, 0.717) is 13.0 Å². The number of piperidine rings is 1. The van der Waals surface area contributed by atoms with E-state index in [9.17, 15) is 9.59 Å². The normalized spacial score (nSPS) is 22.8. The third-order valence-electron chi connectivity index (χ3n) is 5.44. The number of likely N-dealkylation sites (tertiary alicyclic amines) is 1. The number of amides is 2. The Hall–Kier alpha value is -1.88. The second-order valence-corrected chi connectivity index (χ2v) is 7.45. The van der Waals surface area contributed by atoms with E-state index in [1.165, 1.54) is 11.1 Å². The highest BCUT2D eigenvalue weighted by Crippen LogP contribution is 2.21. The molecule has 5 nitrogen and oxygen atoms in total. The molecule has 0 N–H and O–H groups in total. The monoisotopic (exact) mass is 343 g/mol. The van der Waals surface area contributed by atoms with Crippen LogP contribution in [-0.2, 0) is 16.1 Å². The SMILES string of the molecule is Cc1ccc(CN2CCCN(C(=O)C3CCN(C)C(=O)C3)CC2)cc1. The van der Waals surface area contributed by atoms with Crippen molar-refractivity contribution in [3.05, 3.63) is 35.4 Å². The van der Waals surface area contributed by atoms with Gasteiger partial charge in [0.05, 0.1) is 0 Å². The Morgan fingerprint density at radius 3 is 2.56 bits per heavy atom. The summed E-state index contributed by atoms with van der Waals surface area (Å²) in [5.41, 5.74) is 2.61. The quantitative estimate of drug-likeness (QED) is 0.842. The van der Waals surface area contributed by atoms with Gasteiger partial charge in [0.1, 0.15) is 0 Å². The second-order valence-electron chi connectivity index (χ2n) is 7.45. The van der Waals surface area contributed by atoms with E-state index in [1.54, 1.807) is 4.90 Å². The summed E-state index contributed by atoms with van der Waals surface area (Å²) in [7, 11) is 1.82. The molecule has 1 aromatic rings. The molecule has 0 spiro atoms. The van der Waals surface area contributed by atoms with E-state index >= 15 is 0 Å². The molecule has 25 heavy (non-hydrogen) atoms. The molecular weight excluding hydrogens is 314 g/mol. The summed E-state index contributed by atoms with van der Waals surface area (Å²) in [6.07, 6.45) is 2.17. The molecule has 3 rings (SSSR count). The zero-order chi connectivity index (χ0) is 17.8. The number of hydrogen-bond donors (Lipinski definition) is 0. The van der Waals surface area contributed by atoms with E-state index < -0.39 is 0 Å². The Balaban J connectivity index is 1.53. The number of carbonyl (C=O) groups is 2. The van der Waals surface area contributed by atoms with Crippen LogP contribution in [0.5, 0.6) is 0 Å². The van der Waals surface area contributed by atoms with Gasteiger partial charge in [-0.3, -0.25) is 14.5 Å².